The summed E-state index contributed by atoms with van der Waals surface area (Å²) < 4.78 is 0. The lowest BCUT2D eigenvalue weighted by Gasteiger charge is -2.34. The van der Waals surface area contributed by atoms with Crippen LogP contribution in [0.5, 0.6) is 0 Å². The molecule has 20 heavy (non-hydrogen) atoms. The van der Waals surface area contributed by atoms with Crippen molar-refractivity contribution in [1.29, 1.82) is 0 Å². The maximum atomic E-state index is 3.71. The molecule has 0 amide bonds. The van der Waals surface area contributed by atoms with Gasteiger partial charge in [0.05, 0.1) is 0 Å². The molecular formula is C17H22N2S. The molecule has 1 aromatic carbocycles. The number of hydrogen-bond donors (Lipinski definition) is 1. The van der Waals surface area contributed by atoms with Gasteiger partial charge in [-0.15, -0.1) is 11.3 Å². The van der Waals surface area contributed by atoms with E-state index in [1.165, 1.54) is 36.5 Å². The van der Waals surface area contributed by atoms with E-state index in [1.807, 2.05) is 11.3 Å². The van der Waals surface area contributed by atoms with Crippen molar-refractivity contribution < 1.29 is 0 Å². The highest BCUT2D eigenvalue weighted by molar-refractivity contribution is 7.09. The van der Waals surface area contributed by atoms with Crippen LogP contribution in [0.2, 0.25) is 0 Å². The van der Waals surface area contributed by atoms with Gasteiger partial charge in [-0.05, 0) is 42.8 Å². The van der Waals surface area contributed by atoms with Gasteiger partial charge < -0.3 is 10.2 Å². The third-order valence-electron chi connectivity index (χ3n) is 4.00. The summed E-state index contributed by atoms with van der Waals surface area (Å²) in [7, 11) is 0. The second kappa shape index (κ2) is 6.91. The molecule has 3 heteroatoms. The number of anilines is 1. The van der Waals surface area contributed by atoms with Crippen molar-refractivity contribution in [2.45, 2.75) is 25.3 Å². The Hall–Kier alpha value is -1.32. The van der Waals surface area contributed by atoms with Crippen LogP contribution in [-0.4, -0.2) is 25.7 Å². The zero-order valence-corrected chi connectivity index (χ0v) is 12.6. The average molecular weight is 286 g/mol. The summed E-state index contributed by atoms with van der Waals surface area (Å²) in [5.41, 5.74) is 1.37. The molecule has 1 fully saturated rings. The fourth-order valence-corrected chi connectivity index (χ4v) is 3.54. The maximum Gasteiger partial charge on any atom is 0.0366 e. The van der Waals surface area contributed by atoms with Gasteiger partial charge in [0.2, 0.25) is 0 Å². The number of nitrogens with zero attached hydrogens (tertiary/aromatic N) is 1. The average Bonchev–Trinajstić information content (AvgIpc) is 3.02. The lowest BCUT2D eigenvalue weighted by Crippen LogP contribution is -2.43. The van der Waals surface area contributed by atoms with Gasteiger partial charge >= 0.3 is 0 Å². The molecule has 0 saturated carbocycles. The van der Waals surface area contributed by atoms with Crippen LogP contribution in [0.25, 0.3) is 0 Å². The normalized spacial score (nSPS) is 16.5. The molecule has 0 aliphatic carbocycles. The molecule has 0 spiro atoms. The van der Waals surface area contributed by atoms with Crippen LogP contribution < -0.4 is 10.2 Å². The van der Waals surface area contributed by atoms with Crippen LogP contribution in [0.1, 0.15) is 17.7 Å². The third kappa shape index (κ3) is 3.62. The molecule has 2 heterocycles. The summed E-state index contributed by atoms with van der Waals surface area (Å²) in [5.74, 6) is 0. The first kappa shape index (κ1) is 13.7. The van der Waals surface area contributed by atoms with E-state index >= 15 is 0 Å². The highest BCUT2D eigenvalue weighted by Crippen LogP contribution is 2.19. The second-order valence-corrected chi connectivity index (χ2v) is 6.41. The molecule has 3 rings (SSSR count). The summed E-state index contributed by atoms with van der Waals surface area (Å²) in [6.45, 7) is 3.44. The summed E-state index contributed by atoms with van der Waals surface area (Å²) in [5, 5.41) is 5.87. The minimum absolute atomic E-state index is 0.690. The van der Waals surface area contributed by atoms with Crippen LogP contribution >= 0.6 is 11.3 Å². The fourth-order valence-electron chi connectivity index (χ4n) is 2.83. The smallest absolute Gasteiger partial charge is 0.0366 e. The number of piperidine rings is 1. The SMILES string of the molecule is c1ccc(N2CCC(NCCc3cccs3)CC2)cc1. The van der Waals surface area contributed by atoms with E-state index in [0.29, 0.717) is 6.04 Å². The quantitative estimate of drug-likeness (QED) is 0.904. The number of rotatable bonds is 5. The van der Waals surface area contributed by atoms with E-state index in [9.17, 15) is 0 Å². The van der Waals surface area contributed by atoms with E-state index in [4.69, 9.17) is 0 Å². The van der Waals surface area contributed by atoms with Crippen molar-refractivity contribution in [3.8, 4) is 0 Å². The van der Waals surface area contributed by atoms with Crippen LogP contribution in [0.15, 0.2) is 47.8 Å². The van der Waals surface area contributed by atoms with Crippen molar-refractivity contribution in [2.24, 2.45) is 0 Å². The fraction of sp³-hybridized carbons (Fsp3) is 0.412. The molecule has 1 N–H and O–H groups in total. The molecule has 106 valence electrons. The van der Waals surface area contributed by atoms with E-state index in [-0.39, 0.29) is 0 Å². The van der Waals surface area contributed by atoms with Crippen molar-refractivity contribution in [2.75, 3.05) is 24.5 Å². The van der Waals surface area contributed by atoms with Gasteiger partial charge in [0.1, 0.15) is 0 Å². The molecule has 2 nitrogen and oxygen atoms in total. The van der Waals surface area contributed by atoms with E-state index in [2.05, 4.69) is 58.1 Å². The molecule has 0 unspecified atom stereocenters. The molecule has 1 saturated heterocycles. The van der Waals surface area contributed by atoms with Crippen molar-refractivity contribution in [3.05, 3.63) is 52.7 Å². The number of hydrogen-bond acceptors (Lipinski definition) is 3. The zero-order valence-electron chi connectivity index (χ0n) is 11.8. The Balaban J connectivity index is 1.40. The second-order valence-electron chi connectivity index (χ2n) is 5.38. The lowest BCUT2D eigenvalue weighted by molar-refractivity contribution is 0.418. The number of thiophene rings is 1. The minimum atomic E-state index is 0.690. The zero-order chi connectivity index (χ0) is 13.6. The van der Waals surface area contributed by atoms with Crippen molar-refractivity contribution >= 4 is 17.0 Å². The third-order valence-corrected chi connectivity index (χ3v) is 4.94. The van der Waals surface area contributed by atoms with Gasteiger partial charge in [0, 0.05) is 36.2 Å². The van der Waals surface area contributed by atoms with E-state index in [0.717, 1.165) is 13.0 Å². The summed E-state index contributed by atoms with van der Waals surface area (Å²) in [6, 6.07) is 15.8. The molecule has 0 radical (unpaired) electrons. The van der Waals surface area contributed by atoms with Gasteiger partial charge in [0.25, 0.3) is 0 Å². The standard InChI is InChI=1S/C17H22N2S/c1-2-5-16(6-3-1)19-12-9-15(10-13-19)18-11-8-17-7-4-14-20-17/h1-7,14-15,18H,8-13H2. The van der Waals surface area contributed by atoms with Crippen LogP contribution in [0.3, 0.4) is 0 Å². The van der Waals surface area contributed by atoms with Crippen LogP contribution in [0.4, 0.5) is 5.69 Å². The molecule has 1 aromatic heterocycles. The van der Waals surface area contributed by atoms with E-state index < -0.39 is 0 Å². The maximum absolute atomic E-state index is 3.71. The van der Waals surface area contributed by atoms with Gasteiger partial charge in [-0.3, -0.25) is 0 Å². The summed E-state index contributed by atoms with van der Waals surface area (Å²) in [6.07, 6.45) is 3.66. The Bertz CT molecular complexity index is 487. The van der Waals surface area contributed by atoms with Gasteiger partial charge in [-0.1, -0.05) is 24.3 Å². The lowest BCUT2D eigenvalue weighted by atomic mass is 10.0. The summed E-state index contributed by atoms with van der Waals surface area (Å²) in [4.78, 5) is 3.98. The highest BCUT2D eigenvalue weighted by Gasteiger charge is 2.18. The molecule has 1 aliphatic heterocycles. The number of para-hydroxylation sites is 1. The van der Waals surface area contributed by atoms with E-state index in [1.54, 1.807) is 0 Å². The molecule has 0 bridgehead atoms. The first-order chi connectivity index (χ1) is 9.92. The minimum Gasteiger partial charge on any atom is -0.371 e. The van der Waals surface area contributed by atoms with Crippen molar-refractivity contribution in [1.82, 2.24) is 5.32 Å². The first-order valence-electron chi connectivity index (χ1n) is 7.47. The van der Waals surface area contributed by atoms with Gasteiger partial charge in [0.15, 0.2) is 0 Å². The largest absolute Gasteiger partial charge is 0.371 e. The Morgan fingerprint density at radius 3 is 2.55 bits per heavy atom. The van der Waals surface area contributed by atoms with Crippen LogP contribution in [-0.2, 0) is 6.42 Å². The molecular weight excluding hydrogens is 264 g/mol. The Morgan fingerprint density at radius 1 is 1.05 bits per heavy atom. The van der Waals surface area contributed by atoms with Crippen molar-refractivity contribution in [3.63, 3.8) is 0 Å². The molecule has 1 aliphatic rings. The number of benzene rings is 1. The molecule has 2 aromatic rings. The predicted octanol–water partition coefficient (Wildman–Crippen LogP) is 3.55. The van der Waals surface area contributed by atoms with Gasteiger partial charge in [-0.2, -0.15) is 0 Å². The topological polar surface area (TPSA) is 15.3 Å². The predicted molar refractivity (Wildman–Crippen MR) is 87.7 cm³/mol. The molecule has 0 atom stereocenters. The Morgan fingerprint density at radius 2 is 1.85 bits per heavy atom. The number of nitrogens with one attached hydrogen (secondary N) is 1. The first-order valence-corrected chi connectivity index (χ1v) is 8.35. The van der Waals surface area contributed by atoms with Crippen LogP contribution in [0, 0.1) is 0 Å². The Labute approximate surface area is 125 Å². The highest BCUT2D eigenvalue weighted by atomic mass is 32.1. The van der Waals surface area contributed by atoms with Gasteiger partial charge in [-0.25, -0.2) is 0 Å². The monoisotopic (exact) mass is 286 g/mol. The summed E-state index contributed by atoms with van der Waals surface area (Å²) >= 11 is 1.86. The Kier molecular flexibility index (Phi) is 4.72.